The summed E-state index contributed by atoms with van der Waals surface area (Å²) in [6.45, 7) is 16.5. The minimum Gasteiger partial charge on any atom is -0.299 e. The minimum absolute atomic E-state index is 0.253. The van der Waals surface area contributed by atoms with Crippen LogP contribution in [0, 0.1) is 23.7 Å². The number of benzene rings is 1. The van der Waals surface area contributed by atoms with E-state index in [0.29, 0.717) is 23.2 Å². The van der Waals surface area contributed by atoms with Crippen molar-refractivity contribution >= 4 is 5.69 Å². The fraction of sp³-hybridized carbons (Fsp3) is 0.588. The molecule has 1 fully saturated rings. The summed E-state index contributed by atoms with van der Waals surface area (Å²) in [6, 6.07) is 4.79. The van der Waals surface area contributed by atoms with Gasteiger partial charge >= 0.3 is 0 Å². The van der Waals surface area contributed by atoms with Crippen LogP contribution in [0.5, 0.6) is 0 Å². The summed E-state index contributed by atoms with van der Waals surface area (Å²) in [4.78, 5) is 5.57. The van der Waals surface area contributed by atoms with Gasteiger partial charge in [0, 0.05) is 6.54 Å². The molecule has 108 valence electrons. The van der Waals surface area contributed by atoms with Crippen LogP contribution < -0.4 is 0 Å². The Kier molecular flexibility index (Phi) is 4.45. The maximum absolute atomic E-state index is 13.9. The van der Waals surface area contributed by atoms with E-state index < -0.39 is 0 Å². The molecule has 0 spiro atoms. The normalized spacial score (nSPS) is 17.9. The Morgan fingerprint density at radius 2 is 1.95 bits per heavy atom. The van der Waals surface area contributed by atoms with Gasteiger partial charge in [-0.2, -0.15) is 0 Å². The number of likely N-dealkylation sites (tertiary alicyclic amines) is 1. The van der Waals surface area contributed by atoms with Crippen LogP contribution in [0.2, 0.25) is 0 Å². The highest BCUT2D eigenvalue weighted by Gasteiger charge is 2.28. The van der Waals surface area contributed by atoms with Gasteiger partial charge in [-0.1, -0.05) is 32.9 Å². The largest absolute Gasteiger partial charge is 0.299 e. The zero-order chi connectivity index (χ0) is 14.8. The van der Waals surface area contributed by atoms with Crippen molar-refractivity contribution in [2.24, 2.45) is 11.3 Å². The monoisotopic (exact) mass is 274 g/mol. The Morgan fingerprint density at radius 1 is 1.30 bits per heavy atom. The van der Waals surface area contributed by atoms with Crippen molar-refractivity contribution in [3.05, 3.63) is 41.0 Å². The number of hydrogen-bond acceptors (Lipinski definition) is 1. The van der Waals surface area contributed by atoms with Crippen LogP contribution in [0.25, 0.3) is 4.85 Å². The molecule has 0 unspecified atom stereocenters. The standard InChI is InChI=1S/C17H23FN2/c1-17(2,3)14-7-9-20(10-8-14)12-13-5-6-15(19-4)11-16(13)18/h5-6,11,14H,7-10,12H2,1-3H3. The lowest BCUT2D eigenvalue weighted by Gasteiger charge is -2.38. The topological polar surface area (TPSA) is 7.60 Å². The summed E-state index contributed by atoms with van der Waals surface area (Å²) in [5.74, 6) is 0.504. The first kappa shape index (κ1) is 15.0. The summed E-state index contributed by atoms with van der Waals surface area (Å²) < 4.78 is 13.9. The highest BCUT2D eigenvalue weighted by atomic mass is 19.1. The third-order valence-corrected chi connectivity index (χ3v) is 4.37. The lowest BCUT2D eigenvalue weighted by atomic mass is 9.75. The zero-order valence-corrected chi connectivity index (χ0v) is 12.6. The van der Waals surface area contributed by atoms with Crippen molar-refractivity contribution in [1.29, 1.82) is 0 Å². The molecule has 0 amide bonds. The molecule has 1 heterocycles. The van der Waals surface area contributed by atoms with Crippen LogP contribution in [0.15, 0.2) is 18.2 Å². The van der Waals surface area contributed by atoms with Crippen LogP contribution >= 0.6 is 0 Å². The second kappa shape index (κ2) is 5.93. The van der Waals surface area contributed by atoms with Gasteiger partial charge in [0.05, 0.1) is 6.57 Å². The molecule has 0 saturated carbocycles. The Labute approximate surface area is 121 Å². The smallest absolute Gasteiger partial charge is 0.190 e. The van der Waals surface area contributed by atoms with E-state index in [1.807, 2.05) is 0 Å². The van der Waals surface area contributed by atoms with Crippen LogP contribution in [-0.4, -0.2) is 18.0 Å². The third kappa shape index (κ3) is 3.58. The number of nitrogens with zero attached hydrogens (tertiary/aromatic N) is 2. The van der Waals surface area contributed by atoms with Gasteiger partial charge < -0.3 is 0 Å². The van der Waals surface area contributed by atoms with Gasteiger partial charge in [-0.3, -0.25) is 4.90 Å². The Hall–Kier alpha value is -1.40. The summed E-state index contributed by atoms with van der Waals surface area (Å²) in [5, 5.41) is 0. The molecule has 0 radical (unpaired) electrons. The van der Waals surface area contributed by atoms with Gasteiger partial charge in [0.25, 0.3) is 0 Å². The third-order valence-electron chi connectivity index (χ3n) is 4.37. The van der Waals surface area contributed by atoms with Crippen molar-refractivity contribution in [1.82, 2.24) is 4.90 Å². The van der Waals surface area contributed by atoms with E-state index in [9.17, 15) is 4.39 Å². The molecule has 0 aliphatic carbocycles. The van der Waals surface area contributed by atoms with E-state index >= 15 is 0 Å². The summed E-state index contributed by atoms with van der Waals surface area (Å²) in [5.41, 5.74) is 1.44. The van der Waals surface area contributed by atoms with E-state index in [1.54, 1.807) is 12.1 Å². The molecule has 2 nitrogen and oxygen atoms in total. The fourth-order valence-electron chi connectivity index (χ4n) is 2.93. The molecule has 1 saturated heterocycles. The Morgan fingerprint density at radius 3 is 2.45 bits per heavy atom. The van der Waals surface area contributed by atoms with Crippen molar-refractivity contribution in [3.63, 3.8) is 0 Å². The van der Waals surface area contributed by atoms with Crippen LogP contribution in [0.1, 0.15) is 39.2 Å². The van der Waals surface area contributed by atoms with E-state index in [1.165, 1.54) is 18.9 Å². The number of rotatable bonds is 2. The highest BCUT2D eigenvalue weighted by molar-refractivity contribution is 5.46. The molecular weight excluding hydrogens is 251 g/mol. The van der Waals surface area contributed by atoms with E-state index in [0.717, 1.165) is 19.0 Å². The molecule has 20 heavy (non-hydrogen) atoms. The van der Waals surface area contributed by atoms with Crippen molar-refractivity contribution < 1.29 is 4.39 Å². The van der Waals surface area contributed by atoms with Gasteiger partial charge in [0.1, 0.15) is 5.82 Å². The predicted octanol–water partition coefficient (Wildman–Crippen LogP) is 4.63. The zero-order valence-electron chi connectivity index (χ0n) is 12.6. The molecule has 1 aliphatic rings. The van der Waals surface area contributed by atoms with Crippen molar-refractivity contribution in [3.8, 4) is 0 Å². The minimum atomic E-state index is -0.253. The lowest BCUT2D eigenvalue weighted by Crippen LogP contribution is -2.37. The molecule has 1 aromatic rings. The Bertz CT molecular complexity index is 503. The maximum Gasteiger partial charge on any atom is 0.190 e. The lowest BCUT2D eigenvalue weighted by molar-refractivity contribution is 0.107. The molecule has 3 heteroatoms. The van der Waals surface area contributed by atoms with Crippen LogP contribution in [0.3, 0.4) is 0 Å². The van der Waals surface area contributed by atoms with E-state index in [-0.39, 0.29) is 5.82 Å². The predicted molar refractivity (Wildman–Crippen MR) is 80.1 cm³/mol. The molecule has 1 aromatic carbocycles. The van der Waals surface area contributed by atoms with Crippen molar-refractivity contribution in [2.45, 2.75) is 40.2 Å². The summed E-state index contributed by atoms with van der Waals surface area (Å²) >= 11 is 0. The Balaban J connectivity index is 1.95. The molecule has 0 N–H and O–H groups in total. The van der Waals surface area contributed by atoms with Crippen LogP contribution in [0.4, 0.5) is 10.1 Å². The van der Waals surface area contributed by atoms with Gasteiger partial charge in [0.2, 0.25) is 0 Å². The van der Waals surface area contributed by atoms with Gasteiger partial charge in [-0.25, -0.2) is 9.24 Å². The number of halogens is 1. The van der Waals surface area contributed by atoms with Crippen LogP contribution in [-0.2, 0) is 6.54 Å². The number of hydrogen-bond donors (Lipinski definition) is 0. The molecule has 2 rings (SSSR count). The SMILES string of the molecule is [C-]#[N+]c1ccc(CN2CCC(C(C)(C)C)CC2)c(F)c1. The molecular formula is C17H23FN2. The first-order valence-electron chi connectivity index (χ1n) is 7.28. The molecule has 1 aliphatic heterocycles. The molecule has 0 aromatic heterocycles. The van der Waals surface area contributed by atoms with Gasteiger partial charge in [-0.05, 0) is 48.9 Å². The van der Waals surface area contributed by atoms with Gasteiger partial charge in [0.15, 0.2) is 5.69 Å². The number of piperidine rings is 1. The van der Waals surface area contributed by atoms with Gasteiger partial charge in [-0.15, -0.1) is 0 Å². The van der Waals surface area contributed by atoms with Crippen molar-refractivity contribution in [2.75, 3.05) is 13.1 Å². The quantitative estimate of drug-likeness (QED) is 0.713. The summed E-state index contributed by atoms with van der Waals surface area (Å²) in [6.07, 6.45) is 2.37. The molecule has 0 bridgehead atoms. The first-order valence-corrected chi connectivity index (χ1v) is 7.28. The second-order valence-electron chi connectivity index (χ2n) is 6.80. The second-order valence-corrected chi connectivity index (χ2v) is 6.80. The first-order chi connectivity index (χ1) is 9.40. The fourth-order valence-corrected chi connectivity index (χ4v) is 2.93. The van der Waals surface area contributed by atoms with E-state index in [4.69, 9.17) is 6.57 Å². The average Bonchev–Trinajstić information content (AvgIpc) is 2.40. The molecule has 0 atom stereocenters. The maximum atomic E-state index is 13.9. The highest BCUT2D eigenvalue weighted by Crippen LogP contribution is 2.34. The average molecular weight is 274 g/mol. The van der Waals surface area contributed by atoms with E-state index in [2.05, 4.69) is 30.5 Å². The summed E-state index contributed by atoms with van der Waals surface area (Å²) in [7, 11) is 0.